The van der Waals surface area contributed by atoms with Gasteiger partial charge in [0.2, 0.25) is 7.28 Å². The molecule has 0 spiro atoms. The lowest BCUT2D eigenvalue weighted by Crippen LogP contribution is -2.40. The van der Waals surface area contributed by atoms with Gasteiger partial charge in [-0.3, -0.25) is 4.90 Å². The van der Waals surface area contributed by atoms with E-state index in [9.17, 15) is 0 Å². The van der Waals surface area contributed by atoms with Crippen molar-refractivity contribution in [3.63, 3.8) is 0 Å². The number of hydrogen-bond donors (Lipinski definition) is 1. The van der Waals surface area contributed by atoms with Crippen LogP contribution in [0.4, 0.5) is 28.6 Å². The minimum atomic E-state index is -0.0840. The second kappa shape index (κ2) is 16.6. The Hall–Kier alpha value is -7.24. The van der Waals surface area contributed by atoms with E-state index in [1.807, 2.05) is 0 Å². The lowest BCUT2D eigenvalue weighted by atomic mass is 9.57. The van der Waals surface area contributed by atoms with E-state index in [0.29, 0.717) is 0 Å². The van der Waals surface area contributed by atoms with Crippen molar-refractivity contribution in [1.82, 2.24) is 0 Å². The molecule has 2 aromatic heterocycles. The number of para-hydroxylation sites is 1. The smallest absolute Gasteiger partial charge is 0.203 e. The summed E-state index contributed by atoms with van der Waals surface area (Å²) in [5, 5.41) is 7.35. The van der Waals surface area contributed by atoms with Gasteiger partial charge in [-0.1, -0.05) is 179 Å². The molecule has 0 atom stereocenters. The highest BCUT2D eigenvalue weighted by Gasteiger charge is 2.42. The monoisotopic (exact) mass is 980 g/mol. The number of furan rings is 2. The zero-order valence-electron chi connectivity index (χ0n) is 45.7. The van der Waals surface area contributed by atoms with Gasteiger partial charge >= 0.3 is 0 Å². The Morgan fingerprint density at radius 1 is 0.467 bits per heavy atom. The van der Waals surface area contributed by atoms with Crippen molar-refractivity contribution in [2.75, 3.05) is 10.2 Å². The molecule has 2 aliphatic carbocycles. The molecule has 10 aromatic rings. The van der Waals surface area contributed by atoms with E-state index >= 15 is 0 Å². The summed E-state index contributed by atoms with van der Waals surface area (Å²) in [6.07, 6.45) is 4.57. The topological polar surface area (TPSA) is 41.6 Å². The maximum Gasteiger partial charge on any atom is 0.203 e. The summed E-state index contributed by atoms with van der Waals surface area (Å²) >= 11 is 0. The van der Waals surface area contributed by atoms with Gasteiger partial charge in [0.05, 0.1) is 16.8 Å². The fourth-order valence-corrected chi connectivity index (χ4v) is 13.0. The van der Waals surface area contributed by atoms with Crippen molar-refractivity contribution in [2.45, 2.75) is 129 Å². The fourth-order valence-electron chi connectivity index (χ4n) is 13.0. The van der Waals surface area contributed by atoms with Gasteiger partial charge in [0, 0.05) is 33.3 Å². The number of nitrogens with one attached hydrogen (secondary N) is 1. The Kier molecular flexibility index (Phi) is 10.5. The molecule has 75 heavy (non-hydrogen) atoms. The third-order valence-corrected chi connectivity index (χ3v) is 17.8. The van der Waals surface area contributed by atoms with Crippen molar-refractivity contribution >= 4 is 79.7 Å². The van der Waals surface area contributed by atoms with Crippen LogP contribution in [0.3, 0.4) is 0 Å². The second-order valence-electron chi connectivity index (χ2n) is 25.7. The quantitative estimate of drug-likeness (QED) is 0.169. The van der Waals surface area contributed by atoms with E-state index in [1.165, 1.54) is 39.8 Å². The van der Waals surface area contributed by atoms with Crippen LogP contribution < -0.4 is 21.1 Å². The summed E-state index contributed by atoms with van der Waals surface area (Å²) in [6.45, 7) is 26.2. The van der Waals surface area contributed by atoms with Gasteiger partial charge in [0.1, 0.15) is 16.7 Å². The molecule has 0 fully saturated rings. The Labute approximate surface area is 444 Å². The molecule has 4 nitrogen and oxygen atoms in total. The maximum atomic E-state index is 7.51. The second-order valence-corrected chi connectivity index (χ2v) is 25.7. The summed E-state index contributed by atoms with van der Waals surface area (Å²) in [6, 6.07) is 58.5. The van der Waals surface area contributed by atoms with E-state index in [-0.39, 0.29) is 27.1 Å². The van der Waals surface area contributed by atoms with Crippen LogP contribution in [0.2, 0.25) is 0 Å². The van der Waals surface area contributed by atoms with E-state index in [4.69, 9.17) is 8.83 Å². The lowest BCUT2D eigenvalue weighted by Gasteiger charge is -2.42. The van der Waals surface area contributed by atoms with Crippen LogP contribution in [0.25, 0.3) is 66.3 Å². The number of hydrogen-bond acceptors (Lipinski definition) is 4. The molecule has 0 amide bonds. The standard InChI is InChI=1S/C70H68BN2O2/c1-66(2,3)45-27-31-57(49(37-45)43-22-16-13-17-23-43)73-64-61-48-24-18-19-25-58(48)74-60(61)40-50(62(64)71-63-51-39-54-55(41-59(51)75-65(63)73)70(10,11)35-34-69(54,8)9)47-29-26-44(42-20-14-12-15-21-42)36-56(47)72-46-28-30-52-53(38-46)68(6,7)33-32-67(52,4)5/h12-31,36-41,72H,32-35H2,1-11H3. The van der Waals surface area contributed by atoms with E-state index in [1.54, 1.807) is 0 Å². The van der Waals surface area contributed by atoms with Gasteiger partial charge in [-0.25, -0.2) is 0 Å². The van der Waals surface area contributed by atoms with Gasteiger partial charge in [-0.05, 0) is 168 Å². The Balaban J connectivity index is 1.13. The Morgan fingerprint density at radius 3 is 1.79 bits per heavy atom. The summed E-state index contributed by atoms with van der Waals surface area (Å²) in [5.74, 6) is 0.817. The van der Waals surface area contributed by atoms with Gasteiger partial charge in [0.15, 0.2) is 5.88 Å². The average Bonchev–Trinajstić information content (AvgIpc) is 3.98. The van der Waals surface area contributed by atoms with Crippen LogP contribution >= 0.6 is 0 Å². The van der Waals surface area contributed by atoms with Crippen molar-refractivity contribution < 1.29 is 8.83 Å². The van der Waals surface area contributed by atoms with Gasteiger partial charge < -0.3 is 14.2 Å². The molecule has 8 aromatic carbocycles. The molecule has 0 bridgehead atoms. The SMILES string of the molecule is CC(C)(C)c1ccc(N2c3oc4cc5c(cc4c3[B]c3c(-c4ccc(-c6ccccc6)cc4Nc4ccc6c(c4)C(C)(C)CCC6(C)C)cc4oc6ccccc6c4c32)C(C)(C)CCC5(C)C)c(-c2ccccc2)c1. The predicted molar refractivity (Wildman–Crippen MR) is 319 cm³/mol. The minimum absolute atomic E-state index is 0.00841. The molecule has 1 N–H and O–H groups in total. The van der Waals surface area contributed by atoms with Crippen molar-refractivity contribution in [2.24, 2.45) is 0 Å². The van der Waals surface area contributed by atoms with Crippen LogP contribution in [0.1, 0.15) is 130 Å². The first-order valence-corrected chi connectivity index (χ1v) is 27.3. The summed E-state index contributed by atoms with van der Waals surface area (Å²) < 4.78 is 14.6. The van der Waals surface area contributed by atoms with Crippen molar-refractivity contribution in [1.29, 1.82) is 0 Å². The van der Waals surface area contributed by atoms with E-state index in [2.05, 4.69) is 251 Å². The summed E-state index contributed by atoms with van der Waals surface area (Å²) in [5.41, 5.74) is 22.8. The minimum Gasteiger partial charge on any atom is -0.456 e. The van der Waals surface area contributed by atoms with Crippen LogP contribution in [0.5, 0.6) is 0 Å². The number of fused-ring (bicyclic) bond motifs is 10. The molecule has 1 aliphatic heterocycles. The zero-order chi connectivity index (χ0) is 52.0. The first kappa shape index (κ1) is 47.5. The molecule has 0 saturated carbocycles. The van der Waals surface area contributed by atoms with Crippen LogP contribution in [-0.2, 0) is 27.1 Å². The van der Waals surface area contributed by atoms with Crippen LogP contribution in [0.15, 0.2) is 167 Å². The molecular formula is C70H68BN2O2. The zero-order valence-corrected chi connectivity index (χ0v) is 45.7. The third-order valence-electron chi connectivity index (χ3n) is 17.8. The van der Waals surface area contributed by atoms with Gasteiger partial charge in [0.25, 0.3) is 0 Å². The molecule has 1 radical (unpaired) electrons. The van der Waals surface area contributed by atoms with Crippen molar-refractivity contribution in [3.05, 3.63) is 186 Å². The molecule has 3 aliphatic rings. The van der Waals surface area contributed by atoms with Crippen LogP contribution in [0, 0.1) is 0 Å². The molecule has 13 rings (SSSR count). The fraction of sp³-hybridized carbons (Fsp3) is 0.286. The van der Waals surface area contributed by atoms with Gasteiger partial charge in [-0.15, -0.1) is 0 Å². The number of benzene rings is 8. The average molecular weight is 980 g/mol. The Bertz CT molecular complexity index is 3940. The summed E-state index contributed by atoms with van der Waals surface area (Å²) in [4.78, 5) is 2.46. The highest BCUT2D eigenvalue weighted by molar-refractivity contribution is 6.76. The molecule has 0 saturated heterocycles. The van der Waals surface area contributed by atoms with Crippen LogP contribution in [-0.4, -0.2) is 7.28 Å². The van der Waals surface area contributed by atoms with Crippen molar-refractivity contribution in [3.8, 4) is 33.4 Å². The number of anilines is 5. The number of nitrogens with zero attached hydrogens (tertiary/aromatic N) is 1. The highest BCUT2D eigenvalue weighted by Crippen LogP contribution is 2.53. The first-order chi connectivity index (χ1) is 35.8. The third kappa shape index (κ3) is 7.70. The number of rotatable bonds is 6. The largest absolute Gasteiger partial charge is 0.456 e. The molecular weight excluding hydrogens is 912 g/mol. The van der Waals surface area contributed by atoms with Gasteiger partial charge in [-0.2, -0.15) is 0 Å². The first-order valence-electron chi connectivity index (χ1n) is 27.3. The summed E-state index contributed by atoms with van der Waals surface area (Å²) in [7, 11) is 2.45. The highest BCUT2D eigenvalue weighted by atomic mass is 16.4. The Morgan fingerprint density at radius 2 is 1.09 bits per heavy atom. The van der Waals surface area contributed by atoms with E-state index < -0.39 is 0 Å². The lowest BCUT2D eigenvalue weighted by molar-refractivity contribution is 0.332. The normalized spacial score (nSPS) is 17.0. The molecule has 5 heteroatoms. The molecule has 373 valence electrons. The molecule has 0 unspecified atom stereocenters. The maximum absolute atomic E-state index is 7.51. The van der Waals surface area contributed by atoms with E-state index in [0.717, 1.165) is 120 Å². The predicted octanol–water partition coefficient (Wildman–Crippen LogP) is 18.5. The molecule has 3 heterocycles.